The van der Waals surface area contributed by atoms with Gasteiger partial charge >= 0.3 is 0 Å². The summed E-state index contributed by atoms with van der Waals surface area (Å²) >= 11 is 0. The number of rotatable bonds is 11. The van der Waals surface area contributed by atoms with Crippen LogP contribution in [0.4, 0.5) is 0 Å². The fraction of sp³-hybridized carbons (Fsp3) is 0.960. The molecule has 0 bridgehead atoms. The third-order valence-electron chi connectivity index (χ3n) is 19.4. The normalized spacial score (nSPS) is 57.2. The molecule has 71 heavy (non-hydrogen) atoms. The fourth-order valence-corrected chi connectivity index (χ4v) is 15.3. The number of fused-ring (bicyclic) bond motifs is 7. The van der Waals surface area contributed by atoms with Gasteiger partial charge in [-0.2, -0.15) is 0 Å². The Labute approximate surface area is 414 Å². The summed E-state index contributed by atoms with van der Waals surface area (Å²) in [5, 5.41) is 118. The van der Waals surface area contributed by atoms with Crippen LogP contribution in [0.1, 0.15) is 92.4 Å². The first-order valence-corrected chi connectivity index (χ1v) is 26.3. The second kappa shape index (κ2) is 20.4. The van der Waals surface area contributed by atoms with Gasteiger partial charge < -0.3 is 104 Å². The largest absolute Gasteiger partial charge is 0.394 e. The Balaban J connectivity index is 0.841. The van der Waals surface area contributed by atoms with Crippen LogP contribution in [0.15, 0.2) is 11.6 Å². The lowest BCUT2D eigenvalue weighted by Crippen LogP contribution is -2.67. The molecule has 21 nitrogen and oxygen atoms in total. The van der Waals surface area contributed by atoms with Crippen LogP contribution >= 0.6 is 0 Å². The molecule has 3 saturated carbocycles. The number of aliphatic hydroxyl groups is 11. The average Bonchev–Trinajstić information content (AvgIpc) is 3.92. The third kappa shape index (κ3) is 9.02. The van der Waals surface area contributed by atoms with E-state index < -0.39 is 148 Å². The highest BCUT2D eigenvalue weighted by Crippen LogP contribution is 2.71. The molecule has 1 spiro atoms. The maximum atomic E-state index is 12.2. The van der Waals surface area contributed by atoms with E-state index in [0.29, 0.717) is 48.3 Å². The average molecular weight is 1020 g/mol. The molecule has 10 rings (SSSR count). The molecular formula is C50H80O21. The lowest BCUT2D eigenvalue weighted by molar-refractivity contribution is -0.388. The molecular weight excluding hydrogens is 937 g/mol. The van der Waals surface area contributed by atoms with Crippen molar-refractivity contribution in [1.82, 2.24) is 0 Å². The van der Waals surface area contributed by atoms with Gasteiger partial charge in [0, 0.05) is 12.3 Å². The Morgan fingerprint density at radius 2 is 1.18 bits per heavy atom. The van der Waals surface area contributed by atoms with Crippen molar-refractivity contribution in [3.8, 4) is 0 Å². The van der Waals surface area contributed by atoms with Crippen molar-refractivity contribution in [1.29, 1.82) is 0 Å². The molecule has 406 valence electrons. The van der Waals surface area contributed by atoms with E-state index in [9.17, 15) is 56.2 Å². The predicted molar refractivity (Wildman–Crippen MR) is 241 cm³/mol. The lowest BCUT2D eigenvalue weighted by Gasteiger charge is -2.58. The minimum atomic E-state index is -1.90. The molecule has 30 atom stereocenters. The summed E-state index contributed by atoms with van der Waals surface area (Å²) in [6.45, 7) is 9.56. The first-order chi connectivity index (χ1) is 33.8. The van der Waals surface area contributed by atoms with Crippen LogP contribution in [0.2, 0.25) is 0 Å². The van der Waals surface area contributed by atoms with E-state index in [-0.39, 0.29) is 16.9 Å². The van der Waals surface area contributed by atoms with Crippen molar-refractivity contribution in [2.24, 2.45) is 46.3 Å². The van der Waals surface area contributed by atoms with Gasteiger partial charge in [-0.1, -0.05) is 39.3 Å². The number of hydrogen-bond acceptors (Lipinski definition) is 21. The topological polar surface area (TPSA) is 315 Å². The number of ether oxygens (including phenoxy) is 10. The van der Waals surface area contributed by atoms with E-state index in [1.165, 1.54) is 12.5 Å². The molecule has 6 saturated heterocycles. The molecule has 0 radical (unpaired) electrons. The summed E-state index contributed by atoms with van der Waals surface area (Å²) in [4.78, 5) is 0. The van der Waals surface area contributed by atoms with Gasteiger partial charge in [-0.05, 0) is 98.7 Å². The minimum absolute atomic E-state index is 0.0572. The summed E-state index contributed by atoms with van der Waals surface area (Å²) in [6, 6.07) is 0. The third-order valence-corrected chi connectivity index (χ3v) is 19.4. The molecule has 21 heteroatoms. The standard InChI is InChI=1S/C50H80O21/c1-20-8-13-50(62-19-20)21(2)32-28(71-50)15-27-25-7-6-23-14-24(9-11-48(23,4)26(25)10-12-49(27,32)5)64-47-40(61)43(70-44-37(58)35(56)30(17-52)66-44)41(31(18-53)67-47)68-46-39(60)42(33(54)22(3)63-46)69-45-38(59)36(57)34(55)29(16-51)65-45/h6,20-22,24-47,51-61H,7-19H2,1-5H3/t20-,21+,22+,24+,25-,26+,27-,28+,29-,30+,31-,32+,33+,34-,35+,36+,37-,38-,39-,40-,41-,42-,43-,44+,45+,46+,47-,48+,49+,50-/m1/s1. The minimum Gasteiger partial charge on any atom is -0.394 e. The molecule has 4 aliphatic carbocycles. The smallest absolute Gasteiger partial charge is 0.187 e. The van der Waals surface area contributed by atoms with Crippen molar-refractivity contribution >= 4 is 0 Å². The van der Waals surface area contributed by atoms with Crippen LogP contribution in [-0.2, 0) is 47.4 Å². The van der Waals surface area contributed by atoms with Gasteiger partial charge in [0.15, 0.2) is 30.9 Å². The first kappa shape index (κ1) is 53.3. The van der Waals surface area contributed by atoms with Crippen molar-refractivity contribution in [3.05, 3.63) is 11.6 Å². The molecule has 0 amide bonds. The van der Waals surface area contributed by atoms with E-state index in [1.807, 2.05) is 0 Å². The van der Waals surface area contributed by atoms with Crippen LogP contribution in [-0.4, -0.2) is 217 Å². The Hall–Kier alpha value is -1.10. The highest BCUT2D eigenvalue weighted by Gasteiger charge is 2.69. The zero-order valence-corrected chi connectivity index (χ0v) is 41.4. The van der Waals surface area contributed by atoms with Gasteiger partial charge in [0.2, 0.25) is 0 Å². The Kier molecular flexibility index (Phi) is 15.3. The Morgan fingerprint density at radius 1 is 0.592 bits per heavy atom. The molecule has 0 aromatic heterocycles. The van der Waals surface area contributed by atoms with Crippen molar-refractivity contribution in [3.63, 3.8) is 0 Å². The van der Waals surface area contributed by atoms with Gasteiger partial charge in [0.1, 0.15) is 85.5 Å². The Morgan fingerprint density at radius 3 is 1.85 bits per heavy atom. The monoisotopic (exact) mass is 1020 g/mol. The molecule has 6 heterocycles. The van der Waals surface area contributed by atoms with Gasteiger partial charge in [-0.15, -0.1) is 0 Å². The SMILES string of the molecule is C[C@@H]1CC[C@@]2(OC1)O[C@H]1C[C@@H]3[C@@H]4CC=C5C[C@@H](O[C@@H]6O[C@H](CO)[C@@H](O[C@@H]7O[C@@H](C)[C@H](O)[C@@H](O[C@@H]8O[C@H](CO)[C@@H](O)[C@H](O)[C@H]8O)[C@H]7O)[C@H](O[C@@H]7O[C@@H](CO)[C@H](O)[C@H]7O)[C@H]6O)CC[C@]5(C)[C@H]4CC[C@]3(C)[C@H]1[C@@H]2C. The zero-order valence-electron chi connectivity index (χ0n) is 41.4. The lowest BCUT2D eigenvalue weighted by atomic mass is 9.47. The highest BCUT2D eigenvalue weighted by molar-refractivity contribution is 5.26. The van der Waals surface area contributed by atoms with E-state index in [2.05, 4.69) is 33.8 Å². The summed E-state index contributed by atoms with van der Waals surface area (Å²) in [7, 11) is 0. The zero-order chi connectivity index (χ0) is 50.6. The molecule has 0 aromatic rings. The number of allylic oxidation sites excluding steroid dienone is 1. The maximum absolute atomic E-state index is 12.2. The molecule has 11 N–H and O–H groups in total. The molecule has 6 aliphatic heterocycles. The van der Waals surface area contributed by atoms with E-state index in [4.69, 9.17) is 47.4 Å². The second-order valence-corrected chi connectivity index (χ2v) is 23.4. The highest BCUT2D eigenvalue weighted by atomic mass is 16.8. The maximum Gasteiger partial charge on any atom is 0.187 e. The van der Waals surface area contributed by atoms with Gasteiger partial charge in [0.25, 0.3) is 0 Å². The van der Waals surface area contributed by atoms with E-state index >= 15 is 0 Å². The molecule has 10 aliphatic rings. The van der Waals surface area contributed by atoms with Crippen LogP contribution in [0.5, 0.6) is 0 Å². The Bertz CT molecular complexity index is 1870. The molecule has 9 fully saturated rings. The molecule has 0 unspecified atom stereocenters. The summed E-state index contributed by atoms with van der Waals surface area (Å²) in [5.41, 5.74) is 1.43. The summed E-state index contributed by atoms with van der Waals surface area (Å²) in [5.74, 6) is 2.45. The predicted octanol–water partition coefficient (Wildman–Crippen LogP) is -1.32. The fourth-order valence-electron chi connectivity index (χ4n) is 15.3. The van der Waals surface area contributed by atoms with E-state index in [1.54, 1.807) is 0 Å². The van der Waals surface area contributed by atoms with Crippen molar-refractivity contribution in [2.45, 2.75) is 227 Å². The van der Waals surface area contributed by atoms with Crippen molar-refractivity contribution in [2.75, 3.05) is 26.4 Å². The number of aliphatic hydroxyl groups excluding tert-OH is 11. The van der Waals surface area contributed by atoms with Gasteiger partial charge in [0.05, 0.1) is 44.7 Å². The van der Waals surface area contributed by atoms with Gasteiger partial charge in [-0.25, -0.2) is 0 Å². The summed E-state index contributed by atoms with van der Waals surface area (Å²) in [6.07, 6.45) is -19.6. The van der Waals surface area contributed by atoms with Crippen LogP contribution in [0.25, 0.3) is 0 Å². The first-order valence-electron chi connectivity index (χ1n) is 26.3. The quantitative estimate of drug-likeness (QED) is 0.107. The van der Waals surface area contributed by atoms with E-state index in [0.717, 1.165) is 51.6 Å². The number of hydrogen-bond donors (Lipinski definition) is 11. The second-order valence-electron chi connectivity index (χ2n) is 23.4. The van der Waals surface area contributed by atoms with Crippen molar-refractivity contribution < 1.29 is 104 Å². The molecule has 0 aromatic carbocycles. The van der Waals surface area contributed by atoms with Gasteiger partial charge in [-0.3, -0.25) is 0 Å². The van der Waals surface area contributed by atoms with Crippen LogP contribution in [0.3, 0.4) is 0 Å². The summed E-state index contributed by atoms with van der Waals surface area (Å²) < 4.78 is 61.7. The van der Waals surface area contributed by atoms with Crippen LogP contribution < -0.4 is 0 Å². The van der Waals surface area contributed by atoms with Crippen LogP contribution in [0, 0.1) is 46.3 Å².